The zero-order valence-corrected chi connectivity index (χ0v) is 11.5. The van der Waals surface area contributed by atoms with E-state index in [-0.39, 0.29) is 11.4 Å². The highest BCUT2D eigenvalue weighted by Crippen LogP contribution is 2.37. The molecular weight excluding hydrogens is 335 g/mol. The van der Waals surface area contributed by atoms with Gasteiger partial charge in [0.2, 0.25) is 0 Å². The van der Waals surface area contributed by atoms with E-state index in [2.05, 4.69) is 25.9 Å². The molecule has 3 aromatic heterocycles. The quantitative estimate of drug-likeness (QED) is 0.664. The van der Waals surface area contributed by atoms with Gasteiger partial charge in [0.15, 0.2) is 0 Å². The highest BCUT2D eigenvalue weighted by Gasteiger charge is 2.34. The fourth-order valence-electron chi connectivity index (χ4n) is 2.01. The summed E-state index contributed by atoms with van der Waals surface area (Å²) in [6, 6.07) is 6.24. The van der Waals surface area contributed by atoms with Crippen LogP contribution in [-0.4, -0.2) is 14.4 Å². The lowest BCUT2D eigenvalue weighted by atomic mass is 10.1. The van der Waals surface area contributed by atoms with Crippen molar-refractivity contribution in [1.82, 2.24) is 14.4 Å². The van der Waals surface area contributed by atoms with E-state index in [1.807, 2.05) is 0 Å². The molecule has 0 aliphatic carbocycles. The van der Waals surface area contributed by atoms with Crippen LogP contribution >= 0.6 is 15.9 Å². The van der Waals surface area contributed by atoms with Crippen molar-refractivity contribution >= 4 is 21.4 Å². The summed E-state index contributed by atoms with van der Waals surface area (Å²) in [5, 5.41) is 0. The first-order chi connectivity index (χ1) is 9.48. The average molecular weight is 342 g/mol. The second-order valence-electron chi connectivity index (χ2n) is 4.10. The van der Waals surface area contributed by atoms with Gasteiger partial charge in [0, 0.05) is 24.2 Å². The van der Waals surface area contributed by atoms with Gasteiger partial charge < -0.3 is 0 Å². The maximum Gasteiger partial charge on any atom is 0.417 e. The highest BCUT2D eigenvalue weighted by molar-refractivity contribution is 9.10. The number of hydrogen-bond acceptors (Lipinski definition) is 2. The molecule has 0 spiro atoms. The van der Waals surface area contributed by atoms with E-state index in [1.165, 1.54) is 6.20 Å². The van der Waals surface area contributed by atoms with E-state index in [0.717, 1.165) is 12.3 Å². The molecule has 0 saturated heterocycles. The minimum absolute atomic E-state index is 0.0492. The third-order valence-corrected chi connectivity index (χ3v) is 3.45. The van der Waals surface area contributed by atoms with Crippen LogP contribution in [0.4, 0.5) is 13.2 Å². The van der Waals surface area contributed by atoms with Crippen molar-refractivity contribution in [2.24, 2.45) is 0 Å². The Hall–Kier alpha value is -1.89. The van der Waals surface area contributed by atoms with E-state index in [4.69, 9.17) is 0 Å². The molecule has 0 bridgehead atoms. The molecule has 0 aliphatic heterocycles. The molecule has 3 nitrogen and oxygen atoms in total. The second-order valence-corrected chi connectivity index (χ2v) is 4.85. The van der Waals surface area contributed by atoms with Gasteiger partial charge in [-0.1, -0.05) is 6.07 Å². The Bertz CT molecular complexity index is 780. The summed E-state index contributed by atoms with van der Waals surface area (Å²) in [7, 11) is 0. The Labute approximate surface area is 120 Å². The number of hydrogen-bond donors (Lipinski definition) is 0. The largest absolute Gasteiger partial charge is 0.417 e. The summed E-state index contributed by atoms with van der Waals surface area (Å²) in [4.78, 5) is 7.96. The van der Waals surface area contributed by atoms with Crippen LogP contribution in [0.3, 0.4) is 0 Å². The van der Waals surface area contributed by atoms with Crippen LogP contribution in [0.1, 0.15) is 5.56 Å². The molecule has 7 heteroatoms. The van der Waals surface area contributed by atoms with Gasteiger partial charge in [-0.15, -0.1) is 0 Å². The monoisotopic (exact) mass is 341 g/mol. The third-order valence-electron chi connectivity index (χ3n) is 2.87. The first kappa shape index (κ1) is 13.1. The number of rotatable bonds is 1. The topological polar surface area (TPSA) is 30.2 Å². The predicted octanol–water partition coefficient (Wildman–Crippen LogP) is 4.18. The standard InChI is InChI=1S/C13H7BrF3N3/c14-11-10-3-1-2-6-20(10)12(19-11)8-7-18-5-4-9(8)13(15,16)17/h1-7H. The molecule has 0 amide bonds. The van der Waals surface area contributed by atoms with Gasteiger partial charge >= 0.3 is 6.18 Å². The van der Waals surface area contributed by atoms with Crippen molar-refractivity contribution in [3.63, 3.8) is 0 Å². The molecule has 0 N–H and O–H groups in total. The maximum atomic E-state index is 13.1. The van der Waals surface area contributed by atoms with Crippen molar-refractivity contribution < 1.29 is 13.2 Å². The van der Waals surface area contributed by atoms with E-state index in [0.29, 0.717) is 10.1 Å². The van der Waals surface area contributed by atoms with Crippen LogP contribution < -0.4 is 0 Å². The van der Waals surface area contributed by atoms with Crippen LogP contribution in [0, 0.1) is 0 Å². The van der Waals surface area contributed by atoms with Crippen LogP contribution in [0.15, 0.2) is 47.5 Å². The van der Waals surface area contributed by atoms with Gasteiger partial charge in [-0.2, -0.15) is 13.2 Å². The Morgan fingerprint density at radius 1 is 1.15 bits per heavy atom. The molecule has 0 radical (unpaired) electrons. The lowest BCUT2D eigenvalue weighted by Crippen LogP contribution is -2.08. The molecule has 3 rings (SSSR count). The molecule has 20 heavy (non-hydrogen) atoms. The molecule has 0 fully saturated rings. The van der Waals surface area contributed by atoms with Gasteiger partial charge in [0.05, 0.1) is 11.1 Å². The van der Waals surface area contributed by atoms with E-state index in [1.54, 1.807) is 28.8 Å². The van der Waals surface area contributed by atoms with E-state index >= 15 is 0 Å². The van der Waals surface area contributed by atoms with Crippen LogP contribution in [0.5, 0.6) is 0 Å². The van der Waals surface area contributed by atoms with Gasteiger partial charge in [0.1, 0.15) is 10.4 Å². The number of nitrogens with zero attached hydrogens (tertiary/aromatic N) is 3. The van der Waals surface area contributed by atoms with Gasteiger partial charge in [-0.25, -0.2) is 4.98 Å². The Morgan fingerprint density at radius 3 is 2.70 bits per heavy atom. The number of alkyl halides is 3. The summed E-state index contributed by atoms with van der Waals surface area (Å²) in [5.41, 5.74) is -0.109. The highest BCUT2D eigenvalue weighted by atomic mass is 79.9. The summed E-state index contributed by atoms with van der Waals surface area (Å²) >= 11 is 3.26. The zero-order valence-electron chi connectivity index (χ0n) is 9.89. The van der Waals surface area contributed by atoms with Gasteiger partial charge in [-0.05, 0) is 34.1 Å². The van der Waals surface area contributed by atoms with Crippen LogP contribution in [0.2, 0.25) is 0 Å². The Morgan fingerprint density at radius 2 is 1.95 bits per heavy atom. The van der Waals surface area contributed by atoms with Gasteiger partial charge in [0.25, 0.3) is 0 Å². The van der Waals surface area contributed by atoms with E-state index in [9.17, 15) is 13.2 Å². The SMILES string of the molecule is FC(F)(F)c1ccncc1-c1nc(Br)c2ccccn12. The van der Waals surface area contributed by atoms with Crippen molar-refractivity contribution in [2.75, 3.05) is 0 Å². The smallest absolute Gasteiger partial charge is 0.299 e. The molecule has 3 aromatic rings. The Kier molecular flexibility index (Phi) is 3.01. The number of aromatic nitrogens is 3. The minimum Gasteiger partial charge on any atom is -0.299 e. The first-order valence-electron chi connectivity index (χ1n) is 5.62. The van der Waals surface area contributed by atoms with E-state index < -0.39 is 11.7 Å². The number of pyridine rings is 2. The predicted molar refractivity (Wildman–Crippen MR) is 71.1 cm³/mol. The maximum absolute atomic E-state index is 13.1. The number of imidazole rings is 1. The molecule has 102 valence electrons. The van der Waals surface area contributed by atoms with Crippen molar-refractivity contribution in [1.29, 1.82) is 0 Å². The summed E-state index contributed by atoms with van der Waals surface area (Å²) in [6.07, 6.45) is -0.491. The fourth-order valence-corrected chi connectivity index (χ4v) is 2.50. The van der Waals surface area contributed by atoms with Crippen molar-refractivity contribution in [3.05, 3.63) is 53.0 Å². The summed E-state index contributed by atoms with van der Waals surface area (Å²) in [5.74, 6) is 0.202. The molecule has 0 atom stereocenters. The molecule has 0 unspecified atom stereocenters. The zero-order chi connectivity index (χ0) is 14.3. The lowest BCUT2D eigenvalue weighted by Gasteiger charge is -2.11. The Balaban J connectivity index is 2.33. The van der Waals surface area contributed by atoms with Crippen LogP contribution in [0.25, 0.3) is 16.9 Å². The molecule has 3 heterocycles. The lowest BCUT2D eigenvalue weighted by molar-refractivity contribution is -0.137. The minimum atomic E-state index is -4.45. The average Bonchev–Trinajstić information content (AvgIpc) is 2.76. The van der Waals surface area contributed by atoms with Gasteiger partial charge in [-0.3, -0.25) is 9.38 Å². The number of halogens is 4. The van der Waals surface area contributed by atoms with Crippen molar-refractivity contribution in [2.45, 2.75) is 6.18 Å². The molecular formula is C13H7BrF3N3. The molecule has 0 aromatic carbocycles. The third kappa shape index (κ3) is 2.07. The second kappa shape index (κ2) is 4.59. The molecule has 0 saturated carbocycles. The first-order valence-corrected chi connectivity index (χ1v) is 6.42. The summed E-state index contributed by atoms with van der Waals surface area (Å²) in [6.45, 7) is 0. The normalized spacial score (nSPS) is 12.0. The van der Waals surface area contributed by atoms with Crippen LogP contribution in [-0.2, 0) is 6.18 Å². The molecule has 0 aliphatic rings. The number of fused-ring (bicyclic) bond motifs is 1. The summed E-state index contributed by atoms with van der Waals surface area (Å²) < 4.78 is 41.3. The fraction of sp³-hybridized carbons (Fsp3) is 0.0769. The van der Waals surface area contributed by atoms with Crippen molar-refractivity contribution in [3.8, 4) is 11.4 Å².